The summed E-state index contributed by atoms with van der Waals surface area (Å²) in [4.78, 5) is 26.0. The van der Waals surface area contributed by atoms with Crippen molar-refractivity contribution >= 4 is 34.8 Å². The first-order chi connectivity index (χ1) is 18.7. The fourth-order valence-electron chi connectivity index (χ4n) is 4.02. The first-order valence-corrected chi connectivity index (χ1v) is 12.0. The van der Waals surface area contributed by atoms with Gasteiger partial charge in [-0.1, -0.05) is 35.0 Å². The second kappa shape index (κ2) is 11.9. The molecule has 9 nitrogen and oxygen atoms in total. The first-order valence-electron chi connectivity index (χ1n) is 11.7. The number of aryl methyl sites for hydroxylation is 1. The number of benzene rings is 3. The minimum Gasteiger partial charge on any atom is -0.493 e. The Hall–Kier alpha value is -4.57. The van der Waals surface area contributed by atoms with Gasteiger partial charge in [0.1, 0.15) is 11.4 Å². The Balaban J connectivity index is 1.50. The molecular formula is C28H25ClFN3O6. The predicted molar refractivity (Wildman–Crippen MR) is 144 cm³/mol. The molecule has 0 radical (unpaired) electrons. The SMILES string of the molecule is COc1cc(NC(=O)Cc2cccc(NC(=O)c3c(C)noc3-c3c(F)cccc3Cl)c2)cc(OC)c1OC. The van der Waals surface area contributed by atoms with Crippen LogP contribution >= 0.6 is 11.6 Å². The van der Waals surface area contributed by atoms with Gasteiger partial charge in [-0.05, 0) is 36.8 Å². The quantitative estimate of drug-likeness (QED) is 0.265. The third-order valence-electron chi connectivity index (χ3n) is 5.78. The summed E-state index contributed by atoms with van der Waals surface area (Å²) >= 11 is 6.17. The van der Waals surface area contributed by atoms with Crippen molar-refractivity contribution in [1.29, 1.82) is 0 Å². The molecule has 0 bridgehead atoms. The van der Waals surface area contributed by atoms with Gasteiger partial charge in [-0.15, -0.1) is 0 Å². The lowest BCUT2D eigenvalue weighted by Gasteiger charge is -2.14. The van der Waals surface area contributed by atoms with E-state index >= 15 is 0 Å². The molecule has 0 atom stereocenters. The van der Waals surface area contributed by atoms with Crippen LogP contribution in [0.15, 0.2) is 59.1 Å². The van der Waals surface area contributed by atoms with Crippen LogP contribution in [0.25, 0.3) is 11.3 Å². The lowest BCUT2D eigenvalue weighted by molar-refractivity contribution is -0.115. The van der Waals surface area contributed by atoms with Crippen molar-refractivity contribution in [3.8, 4) is 28.6 Å². The second-order valence-electron chi connectivity index (χ2n) is 8.36. The molecule has 0 unspecified atom stereocenters. The summed E-state index contributed by atoms with van der Waals surface area (Å²) in [7, 11) is 4.46. The van der Waals surface area contributed by atoms with Crippen LogP contribution in [0.2, 0.25) is 5.02 Å². The van der Waals surface area contributed by atoms with Crippen LogP contribution in [0.3, 0.4) is 0 Å². The minimum atomic E-state index is -0.646. The Labute approximate surface area is 228 Å². The number of rotatable bonds is 9. The van der Waals surface area contributed by atoms with E-state index in [1.807, 2.05) is 0 Å². The van der Waals surface area contributed by atoms with Gasteiger partial charge in [0.15, 0.2) is 17.3 Å². The standard InChI is InChI=1S/C28H25ClFN3O6/c1-15-24(27(39-33-15)25-19(29)9-6-10-20(25)30)28(35)32-17-8-5-7-16(11-17)12-23(34)31-18-13-21(36-2)26(38-4)22(14-18)37-3/h5-11,13-14H,12H2,1-4H3,(H,31,34)(H,32,35). The van der Waals surface area contributed by atoms with Crippen molar-refractivity contribution in [1.82, 2.24) is 5.16 Å². The largest absolute Gasteiger partial charge is 0.493 e. The fraction of sp³-hybridized carbons (Fsp3) is 0.179. The number of amides is 2. The van der Waals surface area contributed by atoms with Gasteiger partial charge in [-0.2, -0.15) is 0 Å². The molecule has 1 aromatic heterocycles. The highest BCUT2D eigenvalue weighted by Crippen LogP contribution is 2.40. The Kier molecular flexibility index (Phi) is 8.36. The molecule has 0 saturated heterocycles. The zero-order chi connectivity index (χ0) is 28.1. The van der Waals surface area contributed by atoms with Gasteiger partial charge >= 0.3 is 0 Å². The topological polar surface area (TPSA) is 112 Å². The van der Waals surface area contributed by atoms with Crippen LogP contribution in [0.4, 0.5) is 15.8 Å². The molecule has 0 aliphatic rings. The van der Waals surface area contributed by atoms with E-state index in [2.05, 4.69) is 15.8 Å². The summed E-state index contributed by atoms with van der Waals surface area (Å²) in [6.07, 6.45) is 0.0166. The molecule has 3 aromatic carbocycles. The minimum absolute atomic E-state index is 0.0166. The summed E-state index contributed by atoms with van der Waals surface area (Å²) in [5.41, 5.74) is 1.78. The normalized spacial score (nSPS) is 10.6. The molecule has 39 heavy (non-hydrogen) atoms. The molecule has 0 aliphatic heterocycles. The number of ether oxygens (including phenoxy) is 3. The maximum Gasteiger partial charge on any atom is 0.261 e. The number of halogens is 2. The van der Waals surface area contributed by atoms with E-state index in [0.717, 1.165) is 0 Å². The van der Waals surface area contributed by atoms with Gasteiger partial charge in [0.05, 0.1) is 44.0 Å². The summed E-state index contributed by atoms with van der Waals surface area (Å²) in [5.74, 6) is -0.387. The molecule has 0 fully saturated rings. The smallest absolute Gasteiger partial charge is 0.261 e. The summed E-state index contributed by atoms with van der Waals surface area (Å²) in [6, 6.07) is 14.2. The van der Waals surface area contributed by atoms with Crippen LogP contribution < -0.4 is 24.8 Å². The number of methoxy groups -OCH3 is 3. The number of aromatic nitrogens is 1. The number of nitrogens with zero attached hydrogens (tertiary/aromatic N) is 1. The highest BCUT2D eigenvalue weighted by Gasteiger charge is 2.26. The molecule has 4 aromatic rings. The average molecular weight is 554 g/mol. The summed E-state index contributed by atoms with van der Waals surface area (Å²) in [5, 5.41) is 9.48. The summed E-state index contributed by atoms with van der Waals surface area (Å²) < 4.78 is 35.7. The Morgan fingerprint density at radius 1 is 0.949 bits per heavy atom. The van der Waals surface area contributed by atoms with Gasteiger partial charge in [0.2, 0.25) is 11.7 Å². The summed E-state index contributed by atoms with van der Waals surface area (Å²) in [6.45, 7) is 1.57. The van der Waals surface area contributed by atoms with Crippen molar-refractivity contribution < 1.29 is 32.7 Å². The van der Waals surface area contributed by atoms with Crippen LogP contribution in [-0.4, -0.2) is 38.3 Å². The van der Waals surface area contributed by atoms with E-state index in [-0.39, 0.29) is 39.9 Å². The number of anilines is 2. The molecule has 0 aliphatic carbocycles. The zero-order valence-corrected chi connectivity index (χ0v) is 22.3. The van der Waals surface area contributed by atoms with Crippen molar-refractivity contribution in [3.63, 3.8) is 0 Å². The molecule has 0 saturated carbocycles. The lowest BCUT2D eigenvalue weighted by Crippen LogP contribution is -2.16. The number of hydrogen-bond acceptors (Lipinski definition) is 7. The van der Waals surface area contributed by atoms with E-state index in [1.54, 1.807) is 43.3 Å². The van der Waals surface area contributed by atoms with Crippen molar-refractivity contribution in [2.75, 3.05) is 32.0 Å². The third-order valence-corrected chi connectivity index (χ3v) is 6.09. The van der Waals surface area contributed by atoms with E-state index in [9.17, 15) is 14.0 Å². The second-order valence-corrected chi connectivity index (χ2v) is 8.77. The Bertz CT molecular complexity index is 1490. The van der Waals surface area contributed by atoms with Crippen LogP contribution in [-0.2, 0) is 11.2 Å². The molecule has 0 spiro atoms. The Morgan fingerprint density at radius 2 is 1.64 bits per heavy atom. The van der Waals surface area contributed by atoms with Gasteiger partial charge in [0.25, 0.3) is 5.91 Å². The number of carbonyl (C=O) groups is 2. The monoisotopic (exact) mass is 553 g/mol. The van der Waals surface area contributed by atoms with Gasteiger partial charge in [-0.25, -0.2) is 4.39 Å². The maximum atomic E-state index is 14.5. The first kappa shape index (κ1) is 27.5. The molecule has 202 valence electrons. The van der Waals surface area contributed by atoms with Crippen LogP contribution in [0.5, 0.6) is 17.2 Å². The van der Waals surface area contributed by atoms with Gasteiger partial charge in [-0.3, -0.25) is 9.59 Å². The third kappa shape index (κ3) is 5.96. The van der Waals surface area contributed by atoms with Crippen LogP contribution in [0, 0.1) is 12.7 Å². The maximum absolute atomic E-state index is 14.5. The highest BCUT2D eigenvalue weighted by atomic mass is 35.5. The zero-order valence-electron chi connectivity index (χ0n) is 21.6. The molecule has 1 heterocycles. The van der Waals surface area contributed by atoms with E-state index in [1.165, 1.54) is 39.5 Å². The van der Waals surface area contributed by atoms with E-state index in [4.69, 9.17) is 30.3 Å². The lowest BCUT2D eigenvalue weighted by atomic mass is 10.1. The Morgan fingerprint density at radius 3 is 2.28 bits per heavy atom. The molecule has 2 amide bonds. The van der Waals surface area contributed by atoms with Crippen molar-refractivity contribution in [3.05, 3.63) is 82.3 Å². The molecule has 11 heteroatoms. The average Bonchev–Trinajstić information content (AvgIpc) is 3.28. The van der Waals surface area contributed by atoms with Gasteiger partial charge in [0, 0.05) is 23.5 Å². The van der Waals surface area contributed by atoms with Crippen molar-refractivity contribution in [2.24, 2.45) is 0 Å². The van der Waals surface area contributed by atoms with E-state index in [0.29, 0.717) is 34.2 Å². The fourth-order valence-corrected chi connectivity index (χ4v) is 4.27. The number of carbonyl (C=O) groups excluding carboxylic acids is 2. The number of nitrogens with one attached hydrogen (secondary N) is 2. The van der Waals surface area contributed by atoms with E-state index < -0.39 is 11.7 Å². The molecule has 4 rings (SSSR count). The van der Waals surface area contributed by atoms with Crippen LogP contribution in [0.1, 0.15) is 21.6 Å². The number of hydrogen-bond donors (Lipinski definition) is 2. The highest BCUT2D eigenvalue weighted by molar-refractivity contribution is 6.33. The molecular weight excluding hydrogens is 529 g/mol. The van der Waals surface area contributed by atoms with Crippen molar-refractivity contribution in [2.45, 2.75) is 13.3 Å². The predicted octanol–water partition coefficient (Wildman–Crippen LogP) is 5.90. The molecule has 2 N–H and O–H groups in total. The van der Waals surface area contributed by atoms with Gasteiger partial charge < -0.3 is 29.4 Å².